The number of rotatable bonds is 6. The molecule has 1 amide bonds. The van der Waals surface area contributed by atoms with Gasteiger partial charge in [-0.25, -0.2) is 0 Å². The minimum Gasteiger partial charge on any atom is -0.352 e. The van der Waals surface area contributed by atoms with E-state index in [0.717, 1.165) is 32.2 Å². The van der Waals surface area contributed by atoms with Gasteiger partial charge in [0.15, 0.2) is 0 Å². The van der Waals surface area contributed by atoms with Crippen LogP contribution in [0.3, 0.4) is 0 Å². The average Bonchev–Trinajstić information content (AvgIpc) is 3.13. The van der Waals surface area contributed by atoms with E-state index < -0.39 is 0 Å². The van der Waals surface area contributed by atoms with Crippen LogP contribution < -0.4 is 10.6 Å². The van der Waals surface area contributed by atoms with Crippen molar-refractivity contribution in [3.05, 3.63) is 23.5 Å². The molecule has 2 aliphatic carbocycles. The first kappa shape index (κ1) is 13.7. The van der Waals surface area contributed by atoms with E-state index in [1.165, 1.54) is 24.0 Å². The Labute approximate surface area is 120 Å². The number of nitrogens with one attached hydrogen (secondary N) is 2. The standard InChI is InChI=1S/C16H25N3O/c1-2-8-17-15-5-3-4-12-9-19(10-14(12)15)11-16(20)18-13-6-7-13/h9-10,13,15,17H,2-8,11H2,1H3,(H,18,20). The SMILES string of the molecule is CCCNC1CCCc2cn(CC(=O)NC3CC3)cc21. The second-order valence-electron chi connectivity index (χ2n) is 6.15. The first-order valence-corrected chi connectivity index (χ1v) is 7.97. The highest BCUT2D eigenvalue weighted by Gasteiger charge is 2.24. The van der Waals surface area contributed by atoms with Gasteiger partial charge in [0, 0.05) is 24.5 Å². The molecule has 3 rings (SSSR count). The summed E-state index contributed by atoms with van der Waals surface area (Å²) in [5, 5.41) is 6.68. The molecule has 0 aromatic carbocycles. The lowest BCUT2D eigenvalue weighted by atomic mass is 9.91. The lowest BCUT2D eigenvalue weighted by molar-refractivity contribution is -0.121. The highest BCUT2D eigenvalue weighted by atomic mass is 16.2. The Bertz CT molecular complexity index is 476. The third-order valence-corrected chi connectivity index (χ3v) is 4.22. The molecule has 0 aliphatic heterocycles. The number of carbonyl (C=O) groups excluding carboxylic acids is 1. The summed E-state index contributed by atoms with van der Waals surface area (Å²) in [6, 6.07) is 0.929. The van der Waals surface area contributed by atoms with Gasteiger partial charge >= 0.3 is 0 Å². The van der Waals surface area contributed by atoms with Crippen molar-refractivity contribution in [2.75, 3.05) is 6.54 Å². The molecule has 1 saturated carbocycles. The van der Waals surface area contributed by atoms with Crippen molar-refractivity contribution in [1.82, 2.24) is 15.2 Å². The highest BCUT2D eigenvalue weighted by molar-refractivity contribution is 5.76. The zero-order valence-corrected chi connectivity index (χ0v) is 12.3. The van der Waals surface area contributed by atoms with Crippen LogP contribution in [0, 0.1) is 0 Å². The molecule has 0 saturated heterocycles. The van der Waals surface area contributed by atoms with E-state index in [2.05, 4.69) is 34.5 Å². The van der Waals surface area contributed by atoms with Crippen LogP contribution in [-0.4, -0.2) is 23.1 Å². The molecular formula is C16H25N3O. The van der Waals surface area contributed by atoms with E-state index in [4.69, 9.17) is 0 Å². The lowest BCUT2D eigenvalue weighted by Crippen LogP contribution is -2.28. The predicted octanol–water partition coefficient (Wildman–Crippen LogP) is 2.14. The van der Waals surface area contributed by atoms with Crippen molar-refractivity contribution in [3.8, 4) is 0 Å². The lowest BCUT2D eigenvalue weighted by Gasteiger charge is -2.23. The number of amides is 1. The van der Waals surface area contributed by atoms with Crippen LogP contribution in [0.15, 0.2) is 12.4 Å². The molecule has 110 valence electrons. The van der Waals surface area contributed by atoms with Gasteiger partial charge in [-0.15, -0.1) is 0 Å². The van der Waals surface area contributed by atoms with Gasteiger partial charge < -0.3 is 15.2 Å². The van der Waals surface area contributed by atoms with Crippen LogP contribution >= 0.6 is 0 Å². The summed E-state index contributed by atoms with van der Waals surface area (Å²) in [4.78, 5) is 11.9. The largest absolute Gasteiger partial charge is 0.352 e. The Morgan fingerprint density at radius 1 is 1.35 bits per heavy atom. The van der Waals surface area contributed by atoms with Crippen LogP contribution in [-0.2, 0) is 17.8 Å². The fraction of sp³-hybridized carbons (Fsp3) is 0.688. The van der Waals surface area contributed by atoms with Gasteiger partial charge in [0.05, 0.1) is 0 Å². The van der Waals surface area contributed by atoms with Gasteiger partial charge in [0.25, 0.3) is 0 Å². The molecular weight excluding hydrogens is 250 g/mol. The van der Waals surface area contributed by atoms with Gasteiger partial charge in [-0.3, -0.25) is 4.79 Å². The van der Waals surface area contributed by atoms with Crippen molar-refractivity contribution < 1.29 is 4.79 Å². The summed E-state index contributed by atoms with van der Waals surface area (Å²) < 4.78 is 2.06. The molecule has 2 N–H and O–H groups in total. The topological polar surface area (TPSA) is 46.1 Å². The van der Waals surface area contributed by atoms with Crippen molar-refractivity contribution >= 4 is 5.91 Å². The number of aromatic nitrogens is 1. The van der Waals surface area contributed by atoms with Gasteiger partial charge in [-0.2, -0.15) is 0 Å². The first-order valence-electron chi connectivity index (χ1n) is 7.97. The molecule has 1 aromatic rings. The Morgan fingerprint density at radius 3 is 2.95 bits per heavy atom. The number of fused-ring (bicyclic) bond motifs is 1. The van der Waals surface area contributed by atoms with E-state index >= 15 is 0 Å². The van der Waals surface area contributed by atoms with Crippen LogP contribution in [0.1, 0.15) is 56.2 Å². The first-order chi connectivity index (χ1) is 9.76. The average molecular weight is 275 g/mol. The molecule has 0 radical (unpaired) electrons. The second-order valence-corrected chi connectivity index (χ2v) is 6.15. The maximum atomic E-state index is 11.9. The van der Waals surface area contributed by atoms with Crippen molar-refractivity contribution in [2.24, 2.45) is 0 Å². The van der Waals surface area contributed by atoms with Crippen molar-refractivity contribution in [3.63, 3.8) is 0 Å². The normalized spacial score (nSPS) is 21.6. The highest BCUT2D eigenvalue weighted by Crippen LogP contribution is 2.30. The summed E-state index contributed by atoms with van der Waals surface area (Å²) in [6.07, 6.45) is 11.4. The number of nitrogens with zero attached hydrogens (tertiary/aromatic N) is 1. The molecule has 4 heteroatoms. The maximum absolute atomic E-state index is 11.9. The third kappa shape index (κ3) is 3.23. The van der Waals surface area contributed by atoms with Gasteiger partial charge in [-0.1, -0.05) is 6.92 Å². The monoisotopic (exact) mass is 275 g/mol. The Kier molecular flexibility index (Phi) is 4.10. The fourth-order valence-electron chi connectivity index (χ4n) is 3.04. The second kappa shape index (κ2) is 6.00. The summed E-state index contributed by atoms with van der Waals surface area (Å²) in [7, 11) is 0. The summed E-state index contributed by atoms with van der Waals surface area (Å²) in [5.74, 6) is 0.151. The number of carbonyl (C=O) groups is 1. The van der Waals surface area contributed by atoms with E-state index in [0.29, 0.717) is 18.6 Å². The molecule has 4 nitrogen and oxygen atoms in total. The van der Waals surface area contributed by atoms with Gasteiger partial charge in [-0.05, 0) is 56.2 Å². The van der Waals surface area contributed by atoms with Crippen LogP contribution in [0.5, 0.6) is 0 Å². The summed E-state index contributed by atoms with van der Waals surface area (Å²) in [6.45, 7) is 3.73. The maximum Gasteiger partial charge on any atom is 0.240 e. The van der Waals surface area contributed by atoms with Crippen LogP contribution in [0.2, 0.25) is 0 Å². The smallest absolute Gasteiger partial charge is 0.240 e. The molecule has 1 fully saturated rings. The number of hydrogen-bond donors (Lipinski definition) is 2. The van der Waals surface area contributed by atoms with Crippen molar-refractivity contribution in [1.29, 1.82) is 0 Å². The quantitative estimate of drug-likeness (QED) is 0.835. The van der Waals surface area contributed by atoms with Gasteiger partial charge in [0.2, 0.25) is 5.91 Å². The zero-order valence-electron chi connectivity index (χ0n) is 12.3. The van der Waals surface area contributed by atoms with E-state index in [9.17, 15) is 4.79 Å². The number of hydrogen-bond acceptors (Lipinski definition) is 2. The Morgan fingerprint density at radius 2 is 2.20 bits per heavy atom. The third-order valence-electron chi connectivity index (χ3n) is 4.22. The van der Waals surface area contributed by atoms with Crippen LogP contribution in [0.4, 0.5) is 0 Å². The minimum atomic E-state index is 0.151. The number of aryl methyl sites for hydroxylation is 1. The van der Waals surface area contributed by atoms with Crippen LogP contribution in [0.25, 0.3) is 0 Å². The summed E-state index contributed by atoms with van der Waals surface area (Å²) in [5.41, 5.74) is 2.83. The molecule has 0 bridgehead atoms. The van der Waals surface area contributed by atoms with E-state index in [-0.39, 0.29) is 5.91 Å². The Balaban J connectivity index is 1.64. The zero-order chi connectivity index (χ0) is 13.9. The summed E-state index contributed by atoms with van der Waals surface area (Å²) >= 11 is 0. The van der Waals surface area contributed by atoms with E-state index in [1.54, 1.807) is 0 Å². The van der Waals surface area contributed by atoms with E-state index in [1.807, 2.05) is 0 Å². The molecule has 1 unspecified atom stereocenters. The molecule has 1 atom stereocenters. The van der Waals surface area contributed by atoms with Crippen molar-refractivity contribution in [2.45, 2.75) is 64.1 Å². The predicted molar refractivity (Wildman–Crippen MR) is 79.6 cm³/mol. The molecule has 1 aromatic heterocycles. The molecule has 2 aliphatic rings. The fourth-order valence-corrected chi connectivity index (χ4v) is 3.04. The molecule has 20 heavy (non-hydrogen) atoms. The van der Waals surface area contributed by atoms with Gasteiger partial charge in [0.1, 0.15) is 6.54 Å². The molecule has 1 heterocycles. The Hall–Kier alpha value is -1.29. The molecule has 0 spiro atoms. The minimum absolute atomic E-state index is 0.151.